The number of benzene rings is 1. The van der Waals surface area contributed by atoms with E-state index in [1.165, 1.54) is 0 Å². The van der Waals surface area contributed by atoms with Gasteiger partial charge >= 0.3 is 5.97 Å². The van der Waals surface area contributed by atoms with E-state index in [-0.39, 0.29) is 18.6 Å². The average molecular weight is 277 g/mol. The molecule has 108 valence electrons. The molecule has 20 heavy (non-hydrogen) atoms. The maximum Gasteiger partial charge on any atom is 0.312 e. The third kappa shape index (κ3) is 4.06. The minimum atomic E-state index is -0.936. The number of carbonyl (C=O) groups is 2. The summed E-state index contributed by atoms with van der Waals surface area (Å²) in [6.07, 6.45) is 2.17. The quantitative estimate of drug-likeness (QED) is 0.827. The Balaban J connectivity index is 1.86. The minimum absolute atomic E-state index is 0.0185. The molecule has 1 aromatic carbocycles. The lowest BCUT2D eigenvalue weighted by Gasteiger charge is -2.15. The van der Waals surface area contributed by atoms with Gasteiger partial charge in [0.15, 0.2) is 0 Å². The van der Waals surface area contributed by atoms with Crippen molar-refractivity contribution in [3.63, 3.8) is 0 Å². The first-order valence-corrected chi connectivity index (χ1v) is 6.83. The second-order valence-corrected chi connectivity index (χ2v) is 4.94. The first-order chi connectivity index (χ1) is 9.66. The molecule has 2 rings (SSSR count). The highest BCUT2D eigenvalue weighted by atomic mass is 16.5. The number of carboxylic acids is 1. The van der Waals surface area contributed by atoms with Crippen LogP contribution in [0, 0.1) is 0 Å². The van der Waals surface area contributed by atoms with Crippen molar-refractivity contribution in [3.05, 3.63) is 35.9 Å². The smallest absolute Gasteiger partial charge is 0.312 e. The fourth-order valence-electron chi connectivity index (χ4n) is 2.33. The number of hydrogen-bond donors (Lipinski definition) is 2. The van der Waals surface area contributed by atoms with Gasteiger partial charge in [-0.1, -0.05) is 30.3 Å². The molecule has 1 fully saturated rings. The Morgan fingerprint density at radius 1 is 1.35 bits per heavy atom. The van der Waals surface area contributed by atoms with E-state index in [0.29, 0.717) is 18.6 Å². The highest BCUT2D eigenvalue weighted by Gasteiger charge is 2.22. The number of aliphatic carboxylic acids is 1. The highest BCUT2D eigenvalue weighted by Crippen LogP contribution is 2.17. The van der Waals surface area contributed by atoms with E-state index in [2.05, 4.69) is 5.32 Å². The Kier molecular flexibility index (Phi) is 5.12. The van der Waals surface area contributed by atoms with Crippen LogP contribution in [0.15, 0.2) is 30.3 Å². The van der Waals surface area contributed by atoms with Gasteiger partial charge in [0.05, 0.1) is 18.4 Å². The average Bonchev–Trinajstić information content (AvgIpc) is 2.92. The van der Waals surface area contributed by atoms with Gasteiger partial charge in [0.25, 0.3) is 0 Å². The van der Waals surface area contributed by atoms with Crippen LogP contribution in [0.5, 0.6) is 0 Å². The Morgan fingerprint density at radius 3 is 2.70 bits per heavy atom. The molecule has 1 aromatic rings. The van der Waals surface area contributed by atoms with E-state index in [1.54, 1.807) is 24.3 Å². The van der Waals surface area contributed by atoms with Crippen molar-refractivity contribution in [2.24, 2.45) is 0 Å². The molecule has 1 aliphatic heterocycles. The lowest BCUT2D eigenvalue weighted by Crippen LogP contribution is -2.33. The molecule has 1 aliphatic rings. The van der Waals surface area contributed by atoms with Crippen molar-refractivity contribution < 1.29 is 19.4 Å². The van der Waals surface area contributed by atoms with Crippen LogP contribution >= 0.6 is 0 Å². The molecule has 2 unspecified atom stereocenters. The lowest BCUT2D eigenvalue weighted by molar-refractivity contribution is -0.138. The van der Waals surface area contributed by atoms with Crippen LogP contribution < -0.4 is 5.32 Å². The van der Waals surface area contributed by atoms with Crippen LogP contribution in [0.2, 0.25) is 0 Å². The van der Waals surface area contributed by atoms with Gasteiger partial charge in [0.2, 0.25) is 5.91 Å². The summed E-state index contributed by atoms with van der Waals surface area (Å²) in [7, 11) is 0. The van der Waals surface area contributed by atoms with Gasteiger partial charge in [-0.25, -0.2) is 0 Å². The van der Waals surface area contributed by atoms with Gasteiger partial charge < -0.3 is 15.2 Å². The zero-order valence-corrected chi connectivity index (χ0v) is 11.2. The van der Waals surface area contributed by atoms with Crippen molar-refractivity contribution in [2.75, 3.05) is 13.2 Å². The Morgan fingerprint density at radius 2 is 2.10 bits per heavy atom. The molecule has 0 aromatic heterocycles. The van der Waals surface area contributed by atoms with E-state index in [9.17, 15) is 14.7 Å². The van der Waals surface area contributed by atoms with Gasteiger partial charge in [-0.05, 0) is 18.4 Å². The normalized spacial score (nSPS) is 19.5. The fraction of sp³-hybridized carbons (Fsp3) is 0.467. The molecule has 1 heterocycles. The molecule has 0 saturated carbocycles. The summed E-state index contributed by atoms with van der Waals surface area (Å²) in [6, 6.07) is 8.92. The monoisotopic (exact) mass is 277 g/mol. The van der Waals surface area contributed by atoms with Crippen LogP contribution in [0.25, 0.3) is 0 Å². The fourth-order valence-corrected chi connectivity index (χ4v) is 2.33. The van der Waals surface area contributed by atoms with Crippen LogP contribution in [-0.4, -0.2) is 36.2 Å². The number of hydrogen-bond acceptors (Lipinski definition) is 3. The predicted molar refractivity (Wildman–Crippen MR) is 73.4 cm³/mol. The molecule has 1 amide bonds. The summed E-state index contributed by atoms with van der Waals surface area (Å²) < 4.78 is 5.39. The summed E-state index contributed by atoms with van der Waals surface area (Å²) in [4.78, 5) is 23.1. The third-order valence-electron chi connectivity index (χ3n) is 3.44. The maximum absolute atomic E-state index is 11.8. The first kappa shape index (κ1) is 14.5. The lowest BCUT2D eigenvalue weighted by atomic mass is 9.99. The molecule has 0 bridgehead atoms. The van der Waals surface area contributed by atoms with Crippen LogP contribution in [0.4, 0.5) is 0 Å². The Labute approximate surface area is 117 Å². The van der Waals surface area contributed by atoms with Crippen molar-refractivity contribution >= 4 is 11.9 Å². The number of amides is 1. The first-order valence-electron chi connectivity index (χ1n) is 6.83. The zero-order valence-electron chi connectivity index (χ0n) is 11.2. The van der Waals surface area contributed by atoms with Crippen molar-refractivity contribution in [1.82, 2.24) is 5.32 Å². The molecule has 0 aliphatic carbocycles. The van der Waals surface area contributed by atoms with Crippen molar-refractivity contribution in [2.45, 2.75) is 31.3 Å². The summed E-state index contributed by atoms with van der Waals surface area (Å²) >= 11 is 0. The molecule has 0 radical (unpaired) electrons. The van der Waals surface area contributed by atoms with Gasteiger partial charge in [0.1, 0.15) is 0 Å². The molecule has 5 heteroatoms. The maximum atomic E-state index is 11.8. The summed E-state index contributed by atoms with van der Waals surface area (Å²) in [5.41, 5.74) is 0.692. The van der Waals surface area contributed by atoms with E-state index in [1.807, 2.05) is 6.07 Å². The second kappa shape index (κ2) is 7.05. The summed E-state index contributed by atoms with van der Waals surface area (Å²) in [6.45, 7) is 0.810. The predicted octanol–water partition coefficient (Wildman–Crippen LogP) is 1.54. The van der Waals surface area contributed by atoms with E-state index in [0.717, 1.165) is 12.8 Å². The van der Waals surface area contributed by atoms with E-state index >= 15 is 0 Å². The number of nitrogens with one attached hydrogen (secondary N) is 1. The SMILES string of the molecule is O=C(CC1CCCO1)NCC(C(=O)O)c1ccccc1. The van der Waals surface area contributed by atoms with Gasteiger partial charge in [-0.2, -0.15) is 0 Å². The Hall–Kier alpha value is -1.88. The van der Waals surface area contributed by atoms with Crippen LogP contribution in [0.3, 0.4) is 0 Å². The molecular formula is C15H19NO4. The second-order valence-electron chi connectivity index (χ2n) is 4.94. The molecule has 2 atom stereocenters. The number of carboxylic acid groups (broad SMARTS) is 1. The van der Waals surface area contributed by atoms with Gasteiger partial charge in [0, 0.05) is 13.2 Å². The van der Waals surface area contributed by atoms with Crippen LogP contribution in [0.1, 0.15) is 30.7 Å². The zero-order chi connectivity index (χ0) is 14.4. The molecule has 1 saturated heterocycles. The summed E-state index contributed by atoms with van der Waals surface area (Å²) in [5, 5.41) is 11.9. The molecule has 0 spiro atoms. The third-order valence-corrected chi connectivity index (χ3v) is 3.44. The highest BCUT2D eigenvalue weighted by molar-refractivity contribution is 5.80. The van der Waals surface area contributed by atoms with Crippen molar-refractivity contribution in [1.29, 1.82) is 0 Å². The number of carbonyl (C=O) groups excluding carboxylic acids is 1. The van der Waals surface area contributed by atoms with E-state index < -0.39 is 11.9 Å². The standard InChI is InChI=1S/C15H19NO4/c17-14(9-12-7-4-8-20-12)16-10-13(15(18)19)11-5-2-1-3-6-11/h1-3,5-6,12-13H,4,7-10H2,(H,16,17)(H,18,19). The largest absolute Gasteiger partial charge is 0.481 e. The Bertz CT molecular complexity index is 454. The summed E-state index contributed by atoms with van der Waals surface area (Å²) in [5.74, 6) is -1.81. The molecule has 2 N–H and O–H groups in total. The van der Waals surface area contributed by atoms with Gasteiger partial charge in [-0.15, -0.1) is 0 Å². The van der Waals surface area contributed by atoms with Crippen LogP contribution in [-0.2, 0) is 14.3 Å². The van der Waals surface area contributed by atoms with E-state index in [4.69, 9.17) is 4.74 Å². The molecule has 5 nitrogen and oxygen atoms in total. The minimum Gasteiger partial charge on any atom is -0.481 e. The van der Waals surface area contributed by atoms with Crippen molar-refractivity contribution in [3.8, 4) is 0 Å². The van der Waals surface area contributed by atoms with Gasteiger partial charge in [-0.3, -0.25) is 9.59 Å². The number of rotatable bonds is 6. The number of ether oxygens (including phenoxy) is 1. The topological polar surface area (TPSA) is 75.6 Å². The molecular weight excluding hydrogens is 258 g/mol.